The highest BCUT2D eigenvalue weighted by Gasteiger charge is 1.84. The highest BCUT2D eigenvalue weighted by molar-refractivity contribution is 7.80. The average Bonchev–Trinajstić information content (AvgIpc) is 2.83. The number of nitrogens with zero attached hydrogens (tertiary/aromatic N) is 2. The molecule has 2 heterocycles. The molecule has 0 aliphatic heterocycles. The standard InChI is InChI=1S/C6H8N4S.C5H6N2/c7-6(11)10-9-4-5-2-1-3-8-5;6-5-2-1-3-7-4-5/h1-4,8H,(H3,7,10,11);1-4H,6H2. The molecule has 0 aromatic carbocycles. The van der Waals surface area contributed by atoms with Gasteiger partial charge in [-0.1, -0.05) is 0 Å². The fourth-order valence-corrected chi connectivity index (χ4v) is 1.02. The minimum Gasteiger partial charge on any atom is -0.397 e. The maximum absolute atomic E-state index is 5.30. The van der Waals surface area contributed by atoms with E-state index >= 15 is 0 Å². The Labute approximate surface area is 110 Å². The number of anilines is 1. The molecule has 0 unspecified atom stereocenters. The number of nitrogens with one attached hydrogen (secondary N) is 2. The van der Waals surface area contributed by atoms with Crippen LogP contribution in [0.3, 0.4) is 0 Å². The minimum atomic E-state index is 0.160. The molecule has 0 atom stereocenters. The van der Waals surface area contributed by atoms with Crippen molar-refractivity contribution in [2.24, 2.45) is 10.8 Å². The molecule has 0 amide bonds. The monoisotopic (exact) mass is 262 g/mol. The highest BCUT2D eigenvalue weighted by atomic mass is 32.1. The number of nitrogens with two attached hydrogens (primary N) is 2. The lowest BCUT2D eigenvalue weighted by Crippen LogP contribution is -2.23. The van der Waals surface area contributed by atoms with Gasteiger partial charge in [0.1, 0.15) is 0 Å². The summed E-state index contributed by atoms with van der Waals surface area (Å²) in [6.45, 7) is 0. The number of thiocarbonyl (C=S) groups is 1. The van der Waals surface area contributed by atoms with Crippen molar-refractivity contribution < 1.29 is 0 Å². The second-order valence-electron chi connectivity index (χ2n) is 3.15. The van der Waals surface area contributed by atoms with Gasteiger partial charge in [0.15, 0.2) is 5.11 Å². The van der Waals surface area contributed by atoms with Gasteiger partial charge in [-0.15, -0.1) is 0 Å². The van der Waals surface area contributed by atoms with Crippen LogP contribution in [0.4, 0.5) is 5.69 Å². The Hall–Kier alpha value is -2.41. The predicted molar refractivity (Wildman–Crippen MR) is 77.0 cm³/mol. The second-order valence-corrected chi connectivity index (χ2v) is 3.59. The molecule has 0 spiro atoms. The number of hydrogen-bond acceptors (Lipinski definition) is 4. The van der Waals surface area contributed by atoms with Crippen LogP contribution < -0.4 is 16.9 Å². The van der Waals surface area contributed by atoms with E-state index in [9.17, 15) is 0 Å². The van der Waals surface area contributed by atoms with E-state index in [4.69, 9.17) is 11.5 Å². The van der Waals surface area contributed by atoms with Crippen molar-refractivity contribution in [2.75, 3.05) is 5.73 Å². The molecule has 0 fully saturated rings. The summed E-state index contributed by atoms with van der Waals surface area (Å²) in [5.74, 6) is 0. The number of rotatable bonds is 2. The zero-order valence-corrected chi connectivity index (χ0v) is 10.4. The Kier molecular flexibility index (Phi) is 5.91. The molecule has 6 nitrogen and oxygen atoms in total. The lowest BCUT2D eigenvalue weighted by molar-refractivity contribution is 1.04. The number of nitrogen functional groups attached to an aromatic ring is 1. The topological polar surface area (TPSA) is 105 Å². The van der Waals surface area contributed by atoms with Gasteiger partial charge in [0.2, 0.25) is 0 Å². The normalized spacial score (nSPS) is 9.56. The van der Waals surface area contributed by atoms with E-state index in [1.165, 1.54) is 0 Å². The zero-order valence-electron chi connectivity index (χ0n) is 9.58. The van der Waals surface area contributed by atoms with Gasteiger partial charge < -0.3 is 16.5 Å². The highest BCUT2D eigenvalue weighted by Crippen LogP contribution is 1.92. The molecule has 0 aliphatic rings. The minimum absolute atomic E-state index is 0.160. The summed E-state index contributed by atoms with van der Waals surface area (Å²) in [5, 5.41) is 3.90. The summed E-state index contributed by atoms with van der Waals surface area (Å²) in [6.07, 6.45) is 6.71. The van der Waals surface area contributed by atoms with E-state index in [2.05, 4.69) is 32.7 Å². The Balaban J connectivity index is 0.000000199. The third kappa shape index (κ3) is 6.23. The number of pyridine rings is 1. The van der Waals surface area contributed by atoms with Crippen molar-refractivity contribution >= 4 is 29.2 Å². The second kappa shape index (κ2) is 7.80. The third-order valence-electron chi connectivity index (χ3n) is 1.68. The van der Waals surface area contributed by atoms with E-state index in [0.717, 1.165) is 5.69 Å². The van der Waals surface area contributed by atoms with E-state index in [1.807, 2.05) is 18.3 Å². The molecule has 18 heavy (non-hydrogen) atoms. The Morgan fingerprint density at radius 2 is 2.28 bits per heavy atom. The zero-order chi connectivity index (χ0) is 13.2. The molecule has 0 saturated carbocycles. The van der Waals surface area contributed by atoms with Gasteiger partial charge in [-0.2, -0.15) is 5.10 Å². The van der Waals surface area contributed by atoms with Gasteiger partial charge in [0, 0.05) is 18.6 Å². The first-order valence-electron chi connectivity index (χ1n) is 5.06. The molecule has 0 bridgehead atoms. The molecule has 94 valence electrons. The van der Waals surface area contributed by atoms with E-state index in [0.29, 0.717) is 5.69 Å². The maximum atomic E-state index is 5.30. The summed E-state index contributed by atoms with van der Waals surface area (Å²) in [7, 11) is 0. The lowest BCUT2D eigenvalue weighted by Gasteiger charge is -1.91. The van der Waals surface area contributed by atoms with Crippen LogP contribution in [0.25, 0.3) is 0 Å². The van der Waals surface area contributed by atoms with Crippen LogP contribution in [0.15, 0.2) is 48.0 Å². The summed E-state index contributed by atoms with van der Waals surface area (Å²) in [4.78, 5) is 6.70. The molecule has 0 aliphatic carbocycles. The van der Waals surface area contributed by atoms with Gasteiger partial charge in [0.05, 0.1) is 17.6 Å². The molecule has 2 rings (SSSR count). The van der Waals surface area contributed by atoms with Crippen LogP contribution in [0.5, 0.6) is 0 Å². The van der Waals surface area contributed by atoms with Crippen molar-refractivity contribution in [1.29, 1.82) is 0 Å². The summed E-state index contributed by atoms with van der Waals surface area (Å²) >= 11 is 4.53. The molecule has 0 saturated heterocycles. The largest absolute Gasteiger partial charge is 0.397 e. The van der Waals surface area contributed by atoms with Crippen LogP contribution in [0.2, 0.25) is 0 Å². The number of aromatic amines is 1. The van der Waals surface area contributed by atoms with Gasteiger partial charge in [-0.3, -0.25) is 10.4 Å². The number of H-pyrrole nitrogens is 1. The van der Waals surface area contributed by atoms with Crippen molar-refractivity contribution in [2.45, 2.75) is 0 Å². The van der Waals surface area contributed by atoms with E-state index in [-0.39, 0.29) is 5.11 Å². The first kappa shape index (κ1) is 13.7. The number of aromatic nitrogens is 2. The molecular weight excluding hydrogens is 248 g/mol. The lowest BCUT2D eigenvalue weighted by atomic mass is 10.4. The van der Waals surface area contributed by atoms with Gasteiger partial charge >= 0.3 is 0 Å². The Morgan fingerprint density at radius 3 is 2.72 bits per heavy atom. The first-order chi connectivity index (χ1) is 8.68. The fourth-order valence-electron chi connectivity index (χ4n) is 0.966. The van der Waals surface area contributed by atoms with Crippen LogP contribution >= 0.6 is 12.2 Å². The van der Waals surface area contributed by atoms with Crippen molar-refractivity contribution in [3.63, 3.8) is 0 Å². The summed E-state index contributed by atoms with van der Waals surface area (Å²) in [5.41, 5.74) is 14.5. The Morgan fingerprint density at radius 1 is 1.44 bits per heavy atom. The summed E-state index contributed by atoms with van der Waals surface area (Å²) in [6, 6.07) is 7.36. The third-order valence-corrected chi connectivity index (χ3v) is 1.78. The van der Waals surface area contributed by atoms with Crippen molar-refractivity contribution in [3.8, 4) is 0 Å². The molecule has 2 aromatic rings. The maximum Gasteiger partial charge on any atom is 0.184 e. The van der Waals surface area contributed by atoms with Gasteiger partial charge in [0.25, 0.3) is 0 Å². The van der Waals surface area contributed by atoms with Crippen LogP contribution in [0.1, 0.15) is 5.69 Å². The van der Waals surface area contributed by atoms with Crippen LogP contribution in [0, 0.1) is 0 Å². The molecular formula is C11H14N6S. The number of hydrazone groups is 1. The van der Waals surface area contributed by atoms with Crippen molar-refractivity contribution in [1.82, 2.24) is 15.4 Å². The quantitative estimate of drug-likeness (QED) is 0.365. The van der Waals surface area contributed by atoms with E-state index < -0.39 is 0 Å². The van der Waals surface area contributed by atoms with Gasteiger partial charge in [-0.25, -0.2) is 0 Å². The number of hydrogen-bond donors (Lipinski definition) is 4. The summed E-state index contributed by atoms with van der Waals surface area (Å²) < 4.78 is 0. The average molecular weight is 262 g/mol. The first-order valence-corrected chi connectivity index (χ1v) is 5.46. The molecule has 2 aromatic heterocycles. The van der Waals surface area contributed by atoms with Crippen LogP contribution in [-0.2, 0) is 0 Å². The smallest absolute Gasteiger partial charge is 0.184 e. The SMILES string of the molecule is NC(=S)NN=Cc1ccc[nH]1.Nc1cccnc1. The fraction of sp³-hybridized carbons (Fsp3) is 0. The Bertz CT molecular complexity index is 479. The molecule has 0 radical (unpaired) electrons. The molecule has 7 heteroatoms. The predicted octanol–water partition coefficient (Wildman–Crippen LogP) is 0.846. The van der Waals surface area contributed by atoms with E-state index in [1.54, 1.807) is 30.7 Å². The molecule has 6 N–H and O–H groups in total. The van der Waals surface area contributed by atoms with Gasteiger partial charge in [-0.05, 0) is 36.5 Å². The van der Waals surface area contributed by atoms with Crippen molar-refractivity contribution in [3.05, 3.63) is 48.5 Å². The van der Waals surface area contributed by atoms with Crippen LogP contribution in [-0.4, -0.2) is 21.3 Å².